The zero-order valence-electron chi connectivity index (χ0n) is 14.0. The highest BCUT2D eigenvalue weighted by atomic mass is 32.1. The van der Waals surface area contributed by atoms with Crippen LogP contribution in [0.3, 0.4) is 0 Å². The highest BCUT2D eigenvalue weighted by Crippen LogP contribution is 2.31. The summed E-state index contributed by atoms with van der Waals surface area (Å²) in [7, 11) is 0. The van der Waals surface area contributed by atoms with Gasteiger partial charge in [-0.25, -0.2) is 0 Å². The van der Waals surface area contributed by atoms with Crippen molar-refractivity contribution in [1.29, 1.82) is 0 Å². The van der Waals surface area contributed by atoms with Gasteiger partial charge in [-0.1, -0.05) is 0 Å². The fourth-order valence-corrected chi connectivity index (χ4v) is 3.87. The molecule has 2 aliphatic rings. The first kappa shape index (κ1) is 16.4. The van der Waals surface area contributed by atoms with Crippen LogP contribution in [0.2, 0.25) is 0 Å². The van der Waals surface area contributed by atoms with Gasteiger partial charge in [0.25, 0.3) is 5.91 Å². The molecule has 1 aromatic heterocycles. The molecule has 2 aliphatic heterocycles. The molecule has 0 radical (unpaired) electrons. The van der Waals surface area contributed by atoms with E-state index in [0.29, 0.717) is 24.5 Å². The van der Waals surface area contributed by atoms with Crippen LogP contribution >= 0.6 is 11.3 Å². The molecule has 0 saturated carbocycles. The maximum Gasteiger partial charge on any atom is 0.254 e. The molecule has 1 fully saturated rings. The van der Waals surface area contributed by atoms with Gasteiger partial charge in [0.2, 0.25) is 0 Å². The molecule has 1 amide bonds. The van der Waals surface area contributed by atoms with E-state index in [4.69, 9.17) is 9.47 Å². The summed E-state index contributed by atoms with van der Waals surface area (Å²) in [5.74, 6) is 1.45. The summed E-state index contributed by atoms with van der Waals surface area (Å²) in [6.07, 6.45) is 2.91. The van der Waals surface area contributed by atoms with Gasteiger partial charge in [0, 0.05) is 49.4 Å². The maximum atomic E-state index is 12.9. The molecule has 1 aromatic carbocycles. The predicted octanol–water partition coefficient (Wildman–Crippen LogP) is 2.26. The summed E-state index contributed by atoms with van der Waals surface area (Å²) in [5, 5.41) is 0. The Bertz CT molecular complexity index is 735. The van der Waals surface area contributed by atoms with Crippen molar-refractivity contribution in [3.63, 3.8) is 0 Å². The van der Waals surface area contributed by atoms with Crippen molar-refractivity contribution in [2.24, 2.45) is 0 Å². The molecule has 0 spiro atoms. The molecule has 2 aromatic rings. The number of aromatic nitrogens is 1. The molecule has 0 aliphatic carbocycles. The van der Waals surface area contributed by atoms with Crippen molar-refractivity contribution in [2.45, 2.75) is 13.0 Å². The highest BCUT2D eigenvalue weighted by molar-refractivity contribution is 7.09. The van der Waals surface area contributed by atoms with Crippen molar-refractivity contribution in [3.05, 3.63) is 40.3 Å². The first-order chi connectivity index (χ1) is 12.3. The number of fused-ring (bicyclic) bond motifs is 1. The third kappa shape index (κ3) is 3.77. The molecule has 7 heteroatoms. The summed E-state index contributed by atoms with van der Waals surface area (Å²) in [6.45, 7) is 5.41. The van der Waals surface area contributed by atoms with Crippen LogP contribution in [-0.2, 0) is 6.54 Å². The second-order valence-corrected chi connectivity index (χ2v) is 7.22. The smallest absolute Gasteiger partial charge is 0.254 e. The topological polar surface area (TPSA) is 54.9 Å². The van der Waals surface area contributed by atoms with E-state index in [-0.39, 0.29) is 5.91 Å². The molecule has 0 unspecified atom stereocenters. The number of benzene rings is 1. The molecule has 25 heavy (non-hydrogen) atoms. The number of ether oxygens (including phenoxy) is 2. The van der Waals surface area contributed by atoms with Crippen LogP contribution in [0, 0.1) is 0 Å². The van der Waals surface area contributed by atoms with Gasteiger partial charge in [-0.15, -0.1) is 11.3 Å². The average Bonchev–Trinajstić information content (AvgIpc) is 3.05. The molecule has 4 rings (SSSR count). The summed E-state index contributed by atoms with van der Waals surface area (Å²) < 4.78 is 11.1. The maximum absolute atomic E-state index is 12.9. The number of carbonyl (C=O) groups is 1. The van der Waals surface area contributed by atoms with E-state index in [0.717, 1.165) is 44.9 Å². The molecule has 1 saturated heterocycles. The zero-order valence-corrected chi connectivity index (χ0v) is 14.8. The summed E-state index contributed by atoms with van der Waals surface area (Å²) >= 11 is 1.68. The number of carbonyl (C=O) groups excluding carboxylic acids is 1. The first-order valence-corrected chi connectivity index (χ1v) is 9.46. The largest absolute Gasteiger partial charge is 0.486 e. The van der Waals surface area contributed by atoms with Gasteiger partial charge in [-0.05, 0) is 24.6 Å². The van der Waals surface area contributed by atoms with Crippen LogP contribution in [0.15, 0.2) is 29.9 Å². The van der Waals surface area contributed by atoms with Gasteiger partial charge < -0.3 is 14.4 Å². The SMILES string of the molecule is O=C(c1ccc2c(c1)OCCO2)N1CCCN(Cc2cncs2)CC1. The number of nitrogens with zero attached hydrogens (tertiary/aromatic N) is 3. The summed E-state index contributed by atoms with van der Waals surface area (Å²) in [5.41, 5.74) is 2.53. The quantitative estimate of drug-likeness (QED) is 0.841. The third-order valence-corrected chi connectivity index (χ3v) is 5.29. The lowest BCUT2D eigenvalue weighted by Gasteiger charge is -2.23. The van der Waals surface area contributed by atoms with Gasteiger partial charge >= 0.3 is 0 Å². The van der Waals surface area contributed by atoms with E-state index < -0.39 is 0 Å². The minimum atomic E-state index is 0.0663. The van der Waals surface area contributed by atoms with E-state index in [1.165, 1.54) is 4.88 Å². The predicted molar refractivity (Wildman–Crippen MR) is 95.3 cm³/mol. The molecule has 132 valence electrons. The summed E-state index contributed by atoms with van der Waals surface area (Å²) in [4.78, 5) is 22.6. The van der Waals surface area contributed by atoms with Crippen LogP contribution in [0.5, 0.6) is 11.5 Å². The van der Waals surface area contributed by atoms with Crippen LogP contribution in [0.1, 0.15) is 21.7 Å². The second-order valence-electron chi connectivity index (χ2n) is 6.25. The van der Waals surface area contributed by atoms with Crippen molar-refractivity contribution < 1.29 is 14.3 Å². The Morgan fingerprint density at radius 1 is 1.12 bits per heavy atom. The van der Waals surface area contributed by atoms with E-state index in [2.05, 4.69) is 9.88 Å². The number of hydrogen-bond donors (Lipinski definition) is 0. The van der Waals surface area contributed by atoms with Gasteiger partial charge in [0.1, 0.15) is 13.2 Å². The lowest BCUT2D eigenvalue weighted by Crippen LogP contribution is -2.35. The Balaban J connectivity index is 1.40. The molecular formula is C18H21N3O3S. The molecule has 0 N–H and O–H groups in total. The van der Waals surface area contributed by atoms with Crippen molar-refractivity contribution in [1.82, 2.24) is 14.8 Å². The Labute approximate surface area is 151 Å². The minimum Gasteiger partial charge on any atom is -0.486 e. The van der Waals surface area contributed by atoms with Crippen molar-refractivity contribution >= 4 is 17.2 Å². The summed E-state index contributed by atoms with van der Waals surface area (Å²) in [6, 6.07) is 5.46. The number of hydrogen-bond acceptors (Lipinski definition) is 6. The molecule has 3 heterocycles. The third-order valence-electron chi connectivity index (χ3n) is 4.53. The Morgan fingerprint density at radius 2 is 2.00 bits per heavy atom. The number of thiazole rings is 1. The van der Waals surface area contributed by atoms with Gasteiger partial charge in [-0.2, -0.15) is 0 Å². The highest BCUT2D eigenvalue weighted by Gasteiger charge is 2.22. The van der Waals surface area contributed by atoms with Crippen molar-refractivity contribution in [3.8, 4) is 11.5 Å². The van der Waals surface area contributed by atoms with Gasteiger partial charge in [0.15, 0.2) is 11.5 Å². The van der Waals surface area contributed by atoms with Crippen LogP contribution in [0.4, 0.5) is 0 Å². The van der Waals surface area contributed by atoms with Crippen LogP contribution in [-0.4, -0.2) is 60.1 Å². The lowest BCUT2D eigenvalue weighted by molar-refractivity contribution is 0.0760. The fourth-order valence-electron chi connectivity index (χ4n) is 3.23. The van der Waals surface area contributed by atoms with Gasteiger partial charge in [0.05, 0.1) is 5.51 Å². The van der Waals surface area contributed by atoms with Crippen LogP contribution < -0.4 is 9.47 Å². The van der Waals surface area contributed by atoms with Gasteiger partial charge in [-0.3, -0.25) is 14.7 Å². The normalized spacial score (nSPS) is 18.0. The zero-order chi connectivity index (χ0) is 17.1. The van der Waals surface area contributed by atoms with Crippen molar-refractivity contribution in [2.75, 3.05) is 39.4 Å². The number of rotatable bonds is 3. The fraction of sp³-hybridized carbons (Fsp3) is 0.444. The van der Waals surface area contributed by atoms with E-state index >= 15 is 0 Å². The minimum absolute atomic E-state index is 0.0663. The standard InChI is InChI=1S/C18H21N3O3S/c22-18(14-2-3-16-17(10-14)24-9-8-23-16)21-5-1-4-20(6-7-21)12-15-11-19-13-25-15/h2-3,10-11,13H,1,4-9,12H2. The molecule has 0 atom stereocenters. The first-order valence-electron chi connectivity index (χ1n) is 8.58. The number of amides is 1. The van der Waals surface area contributed by atoms with Crippen LogP contribution in [0.25, 0.3) is 0 Å². The molecule has 0 bridgehead atoms. The Kier molecular flexibility index (Phi) is 4.85. The Hall–Kier alpha value is -2.12. The molecule has 6 nitrogen and oxygen atoms in total. The average molecular weight is 359 g/mol. The second kappa shape index (κ2) is 7.41. The van der Waals surface area contributed by atoms with E-state index in [1.807, 2.05) is 28.7 Å². The Morgan fingerprint density at radius 3 is 2.84 bits per heavy atom. The van der Waals surface area contributed by atoms with E-state index in [1.54, 1.807) is 17.4 Å². The molecular weight excluding hydrogens is 338 g/mol. The van der Waals surface area contributed by atoms with E-state index in [9.17, 15) is 4.79 Å². The lowest BCUT2D eigenvalue weighted by atomic mass is 10.1. The monoisotopic (exact) mass is 359 g/mol.